The average molecular weight is 1060 g/mol. The van der Waals surface area contributed by atoms with Crippen molar-refractivity contribution in [2.45, 2.75) is 354 Å². The second-order valence-electron chi connectivity index (χ2n) is 22.4. The highest BCUT2D eigenvalue weighted by Crippen LogP contribution is 2.17. The topological polar surface area (TPSA) is 78.9 Å². The van der Waals surface area contributed by atoms with Crippen molar-refractivity contribution in [2.75, 3.05) is 13.2 Å². The van der Waals surface area contributed by atoms with Gasteiger partial charge >= 0.3 is 17.9 Å². The van der Waals surface area contributed by atoms with Crippen LogP contribution in [0.3, 0.4) is 0 Å². The quantitative estimate of drug-likeness (QED) is 0.0261. The van der Waals surface area contributed by atoms with E-state index in [9.17, 15) is 14.4 Å². The minimum Gasteiger partial charge on any atom is -0.462 e. The minimum atomic E-state index is -0.772. The Hall–Kier alpha value is -2.89. The van der Waals surface area contributed by atoms with Crippen LogP contribution in [0.15, 0.2) is 60.8 Å². The van der Waals surface area contributed by atoms with Gasteiger partial charge in [0.05, 0.1) is 0 Å². The monoisotopic (exact) mass is 1060 g/mol. The lowest BCUT2D eigenvalue weighted by Gasteiger charge is -2.18. The molecule has 0 fully saturated rings. The van der Waals surface area contributed by atoms with E-state index < -0.39 is 6.10 Å². The predicted molar refractivity (Wildman–Crippen MR) is 330 cm³/mol. The molecular weight excluding hydrogens is 937 g/mol. The van der Waals surface area contributed by atoms with Gasteiger partial charge < -0.3 is 14.2 Å². The normalized spacial score (nSPS) is 12.4. The zero-order chi connectivity index (χ0) is 55.0. The fourth-order valence-corrected chi connectivity index (χ4v) is 9.79. The Morgan fingerprint density at radius 1 is 0.276 bits per heavy atom. The van der Waals surface area contributed by atoms with Crippen LogP contribution in [-0.4, -0.2) is 37.2 Å². The van der Waals surface area contributed by atoms with Gasteiger partial charge in [0.15, 0.2) is 6.10 Å². The van der Waals surface area contributed by atoms with Gasteiger partial charge in [-0.15, -0.1) is 0 Å². The lowest BCUT2D eigenvalue weighted by atomic mass is 10.0. The van der Waals surface area contributed by atoms with Crippen molar-refractivity contribution in [1.82, 2.24) is 0 Å². The molecule has 0 aromatic carbocycles. The van der Waals surface area contributed by atoms with Crippen LogP contribution in [0.4, 0.5) is 0 Å². The largest absolute Gasteiger partial charge is 0.462 e. The van der Waals surface area contributed by atoms with Gasteiger partial charge in [-0.05, 0) is 83.5 Å². The third kappa shape index (κ3) is 62.0. The highest BCUT2D eigenvalue weighted by Gasteiger charge is 2.19. The Bertz CT molecular complexity index is 1360. The summed E-state index contributed by atoms with van der Waals surface area (Å²) >= 11 is 0. The van der Waals surface area contributed by atoms with Crippen LogP contribution in [0.5, 0.6) is 0 Å². The second kappa shape index (κ2) is 64.6. The second-order valence-corrected chi connectivity index (χ2v) is 22.4. The molecule has 6 heteroatoms. The first-order chi connectivity index (χ1) is 37.5. The molecule has 0 heterocycles. The van der Waals surface area contributed by atoms with Gasteiger partial charge in [0, 0.05) is 19.3 Å². The van der Waals surface area contributed by atoms with E-state index >= 15 is 0 Å². The maximum absolute atomic E-state index is 12.9. The van der Waals surface area contributed by atoms with Gasteiger partial charge in [-0.3, -0.25) is 14.4 Å². The van der Waals surface area contributed by atoms with Crippen LogP contribution < -0.4 is 0 Å². The summed E-state index contributed by atoms with van der Waals surface area (Å²) in [6.07, 6.45) is 82.6. The lowest BCUT2D eigenvalue weighted by Crippen LogP contribution is -2.30. The molecule has 0 saturated carbocycles. The molecule has 0 bridgehead atoms. The highest BCUT2D eigenvalue weighted by atomic mass is 16.6. The van der Waals surface area contributed by atoms with E-state index in [1.54, 1.807) is 0 Å². The molecule has 0 rings (SSSR count). The maximum atomic E-state index is 12.9. The molecule has 0 aromatic rings. The first kappa shape index (κ1) is 73.1. The van der Waals surface area contributed by atoms with Gasteiger partial charge in [-0.2, -0.15) is 0 Å². The summed E-state index contributed by atoms with van der Waals surface area (Å²) < 4.78 is 16.9. The van der Waals surface area contributed by atoms with Crippen LogP contribution in [0, 0.1) is 0 Å². The highest BCUT2D eigenvalue weighted by molar-refractivity contribution is 5.71. The summed E-state index contributed by atoms with van der Waals surface area (Å²) in [5.41, 5.74) is 0. The van der Waals surface area contributed by atoms with E-state index in [1.165, 1.54) is 225 Å². The maximum Gasteiger partial charge on any atom is 0.306 e. The zero-order valence-corrected chi connectivity index (χ0v) is 50.8. The molecular formula is C70H126O6. The molecule has 1 atom stereocenters. The fourth-order valence-electron chi connectivity index (χ4n) is 9.79. The van der Waals surface area contributed by atoms with E-state index in [0.717, 1.165) is 83.5 Å². The molecule has 0 radical (unpaired) electrons. The third-order valence-corrected chi connectivity index (χ3v) is 14.8. The van der Waals surface area contributed by atoms with Crippen molar-refractivity contribution < 1.29 is 28.6 Å². The molecule has 0 amide bonds. The Labute approximate surface area is 472 Å². The average Bonchev–Trinajstić information content (AvgIpc) is 3.42. The molecule has 0 aliphatic heterocycles. The molecule has 76 heavy (non-hydrogen) atoms. The molecule has 0 aromatic heterocycles. The van der Waals surface area contributed by atoms with E-state index in [4.69, 9.17) is 14.2 Å². The number of ether oxygens (including phenoxy) is 3. The third-order valence-electron chi connectivity index (χ3n) is 14.8. The number of allylic oxidation sites excluding steroid dienone is 10. The zero-order valence-electron chi connectivity index (χ0n) is 50.8. The van der Waals surface area contributed by atoms with E-state index in [1.807, 2.05) is 0 Å². The standard InChI is InChI=1S/C70H126O6/c1-4-7-10-13-16-19-21-23-25-27-29-31-33-35-37-39-41-43-45-47-49-51-54-57-60-63-69(72)75-66-67(65-74-68(71)62-59-56-53-18-15-12-9-6-3)76-70(73)64-61-58-55-52-50-48-46-44-42-40-38-36-34-32-30-28-26-24-22-20-17-14-11-8-5-2/h7,10,16,19,23,25,28-31,67H,4-6,8-9,11-15,17-18,20-22,24,26-27,32-66H2,1-3H3/b10-7-,19-16-,25-23-,30-28-,31-29-. The Morgan fingerprint density at radius 3 is 0.816 bits per heavy atom. The van der Waals surface area contributed by atoms with Crippen molar-refractivity contribution in [1.29, 1.82) is 0 Å². The molecule has 0 spiro atoms. The number of unbranched alkanes of at least 4 members (excludes halogenated alkanes) is 40. The van der Waals surface area contributed by atoms with Crippen molar-refractivity contribution in [3.63, 3.8) is 0 Å². The van der Waals surface area contributed by atoms with Gasteiger partial charge in [0.25, 0.3) is 0 Å². The molecule has 0 N–H and O–H groups in total. The first-order valence-corrected chi connectivity index (χ1v) is 33.3. The fraction of sp³-hybridized carbons (Fsp3) is 0.814. The number of esters is 3. The van der Waals surface area contributed by atoms with E-state index in [0.29, 0.717) is 19.3 Å². The summed E-state index contributed by atoms with van der Waals surface area (Å²) in [6.45, 7) is 6.54. The summed E-state index contributed by atoms with van der Waals surface area (Å²) in [4.78, 5) is 38.2. The summed E-state index contributed by atoms with van der Waals surface area (Å²) in [6, 6.07) is 0. The molecule has 442 valence electrons. The summed E-state index contributed by atoms with van der Waals surface area (Å²) in [5.74, 6) is -0.859. The molecule has 6 nitrogen and oxygen atoms in total. The van der Waals surface area contributed by atoms with E-state index in [2.05, 4.69) is 81.5 Å². The first-order valence-electron chi connectivity index (χ1n) is 33.3. The van der Waals surface area contributed by atoms with E-state index in [-0.39, 0.29) is 31.1 Å². The molecule has 1 unspecified atom stereocenters. The van der Waals surface area contributed by atoms with Crippen LogP contribution >= 0.6 is 0 Å². The number of carbonyl (C=O) groups excluding carboxylic acids is 3. The minimum absolute atomic E-state index is 0.0708. The number of hydrogen-bond acceptors (Lipinski definition) is 6. The Balaban J connectivity index is 4.13. The number of carbonyl (C=O) groups is 3. The van der Waals surface area contributed by atoms with Gasteiger partial charge in [0.2, 0.25) is 0 Å². The van der Waals surface area contributed by atoms with Crippen LogP contribution in [0.25, 0.3) is 0 Å². The van der Waals surface area contributed by atoms with Crippen molar-refractivity contribution >= 4 is 17.9 Å². The molecule has 0 aliphatic carbocycles. The Morgan fingerprint density at radius 2 is 0.513 bits per heavy atom. The number of rotatable bonds is 61. The lowest BCUT2D eigenvalue weighted by molar-refractivity contribution is -0.167. The van der Waals surface area contributed by atoms with Crippen molar-refractivity contribution in [2.24, 2.45) is 0 Å². The van der Waals surface area contributed by atoms with Crippen molar-refractivity contribution in [3.05, 3.63) is 60.8 Å². The predicted octanol–water partition coefficient (Wildman–Crippen LogP) is 22.7. The van der Waals surface area contributed by atoms with Crippen LogP contribution in [-0.2, 0) is 28.6 Å². The van der Waals surface area contributed by atoms with Crippen molar-refractivity contribution in [3.8, 4) is 0 Å². The van der Waals surface area contributed by atoms with Crippen LogP contribution in [0.2, 0.25) is 0 Å². The summed E-state index contributed by atoms with van der Waals surface area (Å²) in [5, 5.41) is 0. The van der Waals surface area contributed by atoms with Gasteiger partial charge in [0.1, 0.15) is 13.2 Å². The molecule has 0 aliphatic rings. The summed E-state index contributed by atoms with van der Waals surface area (Å²) in [7, 11) is 0. The Kier molecular flexibility index (Phi) is 62.2. The number of hydrogen-bond donors (Lipinski definition) is 0. The van der Waals surface area contributed by atoms with Crippen LogP contribution in [0.1, 0.15) is 348 Å². The van der Waals surface area contributed by atoms with Gasteiger partial charge in [-0.25, -0.2) is 0 Å². The SMILES string of the molecule is CC/C=C\C/C=C\C/C=C\C/C=C\CCCCCCCCCCCCCCC(=O)OCC(COC(=O)CCCCCCCCCC)OC(=O)CCCCCCCCCCCCCCC/C=C\CCCCCCCCCC. The smallest absolute Gasteiger partial charge is 0.306 e. The van der Waals surface area contributed by atoms with Gasteiger partial charge in [-0.1, -0.05) is 306 Å². The molecule has 0 saturated heterocycles.